The van der Waals surface area contributed by atoms with Gasteiger partial charge < -0.3 is 9.47 Å². The maximum atomic E-state index is 12.3. The highest BCUT2D eigenvalue weighted by molar-refractivity contribution is 5.88. The van der Waals surface area contributed by atoms with E-state index in [1.165, 1.54) is 0 Å². The van der Waals surface area contributed by atoms with Crippen LogP contribution in [0.1, 0.15) is 38.7 Å². The van der Waals surface area contributed by atoms with Gasteiger partial charge >= 0.3 is 6.03 Å². The Hall–Kier alpha value is -2.31. The van der Waals surface area contributed by atoms with Gasteiger partial charge in [0.25, 0.3) is 0 Å². The zero-order valence-corrected chi connectivity index (χ0v) is 15.5. The first kappa shape index (κ1) is 18.0. The van der Waals surface area contributed by atoms with E-state index in [4.69, 9.17) is 0 Å². The van der Waals surface area contributed by atoms with Crippen molar-refractivity contribution in [2.75, 3.05) is 18.9 Å². The van der Waals surface area contributed by atoms with Crippen LogP contribution in [0.2, 0.25) is 0 Å². The summed E-state index contributed by atoms with van der Waals surface area (Å²) in [6.07, 6.45) is 5.44. The molecule has 0 saturated heterocycles. The van der Waals surface area contributed by atoms with E-state index in [2.05, 4.69) is 36.2 Å². The van der Waals surface area contributed by atoms with Gasteiger partial charge in [-0.3, -0.25) is 10.00 Å². The summed E-state index contributed by atoms with van der Waals surface area (Å²) in [5.41, 5.74) is 0.909. The SMILES string of the molecule is CN(CCCc1nccn1C)C(=O)Nc1cc(C(C)(C)C)nn1C. The van der Waals surface area contributed by atoms with Crippen molar-refractivity contribution < 1.29 is 4.79 Å². The molecule has 0 radical (unpaired) electrons. The van der Waals surface area contributed by atoms with Gasteiger partial charge in [0.05, 0.1) is 5.69 Å². The molecule has 2 rings (SSSR count). The van der Waals surface area contributed by atoms with Gasteiger partial charge in [-0.1, -0.05) is 20.8 Å². The lowest BCUT2D eigenvalue weighted by molar-refractivity contribution is 0.221. The van der Waals surface area contributed by atoms with Crippen molar-refractivity contribution in [3.8, 4) is 0 Å². The van der Waals surface area contributed by atoms with Gasteiger partial charge in [0, 0.05) is 58.0 Å². The summed E-state index contributed by atoms with van der Waals surface area (Å²) in [4.78, 5) is 18.3. The summed E-state index contributed by atoms with van der Waals surface area (Å²) in [5, 5.41) is 7.40. The van der Waals surface area contributed by atoms with Gasteiger partial charge in [0.2, 0.25) is 0 Å². The van der Waals surface area contributed by atoms with Gasteiger partial charge in [-0.2, -0.15) is 5.10 Å². The summed E-state index contributed by atoms with van der Waals surface area (Å²) < 4.78 is 3.71. The third kappa shape index (κ3) is 4.37. The second-order valence-corrected chi connectivity index (χ2v) is 7.20. The Bertz CT molecular complexity index is 694. The maximum Gasteiger partial charge on any atom is 0.322 e. The highest BCUT2D eigenvalue weighted by Crippen LogP contribution is 2.23. The van der Waals surface area contributed by atoms with Crippen LogP contribution < -0.4 is 5.32 Å². The number of imidazole rings is 1. The molecule has 0 aromatic carbocycles. The Kier molecular flexibility index (Phi) is 5.31. The Labute approximate surface area is 143 Å². The lowest BCUT2D eigenvalue weighted by Gasteiger charge is -2.17. The number of urea groups is 1. The molecule has 2 amide bonds. The molecule has 132 valence electrons. The van der Waals surface area contributed by atoms with E-state index in [-0.39, 0.29) is 11.4 Å². The third-order valence-electron chi connectivity index (χ3n) is 4.04. The predicted molar refractivity (Wildman–Crippen MR) is 95.1 cm³/mol. The van der Waals surface area contributed by atoms with Crippen LogP contribution in [0.5, 0.6) is 0 Å². The monoisotopic (exact) mass is 332 g/mol. The maximum absolute atomic E-state index is 12.3. The zero-order chi connectivity index (χ0) is 17.9. The molecule has 1 N–H and O–H groups in total. The summed E-state index contributed by atoms with van der Waals surface area (Å²) in [7, 11) is 5.62. The van der Waals surface area contributed by atoms with Crippen molar-refractivity contribution in [3.63, 3.8) is 0 Å². The number of hydrogen-bond donors (Lipinski definition) is 1. The molecule has 2 heterocycles. The average molecular weight is 332 g/mol. The van der Waals surface area contributed by atoms with Gasteiger partial charge in [0.1, 0.15) is 11.6 Å². The number of rotatable bonds is 5. The Morgan fingerprint density at radius 3 is 2.58 bits per heavy atom. The van der Waals surface area contributed by atoms with E-state index in [1.54, 1.807) is 22.8 Å². The largest absolute Gasteiger partial charge is 0.338 e. The number of aryl methyl sites for hydroxylation is 3. The summed E-state index contributed by atoms with van der Waals surface area (Å²) in [6.45, 7) is 6.97. The molecular formula is C17H28N6O. The van der Waals surface area contributed by atoms with Crippen LogP contribution in [0, 0.1) is 0 Å². The second kappa shape index (κ2) is 7.07. The second-order valence-electron chi connectivity index (χ2n) is 7.20. The highest BCUT2D eigenvalue weighted by atomic mass is 16.2. The lowest BCUT2D eigenvalue weighted by Crippen LogP contribution is -2.33. The highest BCUT2D eigenvalue weighted by Gasteiger charge is 2.20. The number of aromatic nitrogens is 4. The summed E-state index contributed by atoms with van der Waals surface area (Å²) in [6, 6.07) is 1.80. The average Bonchev–Trinajstić information content (AvgIpc) is 3.05. The standard InChI is InChI=1S/C17H28N6O/c1-17(2,3)13-12-15(23(6)20-13)19-16(24)22(5)10-7-8-14-18-9-11-21(14)4/h9,11-12H,7-8,10H2,1-6H3,(H,19,24). The van der Waals surface area contributed by atoms with Gasteiger partial charge in [0.15, 0.2) is 0 Å². The first-order valence-electron chi connectivity index (χ1n) is 8.21. The molecule has 2 aromatic rings. The van der Waals surface area contributed by atoms with Crippen molar-refractivity contribution >= 4 is 11.8 Å². The molecule has 0 saturated carbocycles. The lowest BCUT2D eigenvalue weighted by atomic mass is 9.92. The topological polar surface area (TPSA) is 68.0 Å². The minimum absolute atomic E-state index is 0.0469. The van der Waals surface area contributed by atoms with E-state index >= 15 is 0 Å². The number of nitrogens with one attached hydrogen (secondary N) is 1. The fourth-order valence-electron chi connectivity index (χ4n) is 2.37. The quantitative estimate of drug-likeness (QED) is 0.915. The molecule has 7 heteroatoms. The normalized spacial score (nSPS) is 11.6. The Morgan fingerprint density at radius 2 is 2.04 bits per heavy atom. The van der Waals surface area contributed by atoms with Gasteiger partial charge in [-0.25, -0.2) is 9.78 Å². The van der Waals surface area contributed by atoms with Crippen molar-refractivity contribution in [3.05, 3.63) is 30.0 Å². The van der Waals surface area contributed by atoms with Crippen LogP contribution >= 0.6 is 0 Å². The summed E-state index contributed by atoms with van der Waals surface area (Å²) in [5.74, 6) is 1.74. The zero-order valence-electron chi connectivity index (χ0n) is 15.5. The molecule has 0 aliphatic rings. The minimum Gasteiger partial charge on any atom is -0.338 e. The first-order valence-corrected chi connectivity index (χ1v) is 8.21. The predicted octanol–water partition coefficient (Wildman–Crippen LogP) is 2.55. The van der Waals surface area contributed by atoms with Crippen LogP contribution in [0.15, 0.2) is 18.5 Å². The van der Waals surface area contributed by atoms with Crippen LogP contribution in [-0.4, -0.2) is 43.9 Å². The van der Waals surface area contributed by atoms with Crippen molar-refractivity contribution in [1.82, 2.24) is 24.2 Å². The molecule has 0 aliphatic heterocycles. The number of carbonyl (C=O) groups excluding carboxylic acids is 1. The molecular weight excluding hydrogens is 304 g/mol. The molecule has 0 fully saturated rings. The number of nitrogens with zero attached hydrogens (tertiary/aromatic N) is 5. The van der Waals surface area contributed by atoms with E-state index in [1.807, 2.05) is 30.9 Å². The van der Waals surface area contributed by atoms with Crippen molar-refractivity contribution in [2.45, 2.75) is 39.0 Å². The van der Waals surface area contributed by atoms with E-state index < -0.39 is 0 Å². The Morgan fingerprint density at radius 1 is 1.33 bits per heavy atom. The molecule has 0 spiro atoms. The Balaban J connectivity index is 1.87. The number of amides is 2. The number of anilines is 1. The molecule has 0 unspecified atom stereocenters. The van der Waals surface area contributed by atoms with Gasteiger partial charge in [-0.05, 0) is 6.42 Å². The first-order chi connectivity index (χ1) is 11.2. The van der Waals surface area contributed by atoms with Crippen LogP contribution in [0.25, 0.3) is 0 Å². The molecule has 0 atom stereocenters. The third-order valence-corrected chi connectivity index (χ3v) is 4.04. The van der Waals surface area contributed by atoms with Crippen molar-refractivity contribution in [1.29, 1.82) is 0 Å². The fourth-order valence-corrected chi connectivity index (χ4v) is 2.37. The smallest absolute Gasteiger partial charge is 0.322 e. The van der Waals surface area contributed by atoms with Crippen LogP contribution in [-0.2, 0) is 25.9 Å². The van der Waals surface area contributed by atoms with Crippen LogP contribution in [0.3, 0.4) is 0 Å². The van der Waals surface area contributed by atoms with Crippen LogP contribution in [0.4, 0.5) is 10.6 Å². The van der Waals surface area contributed by atoms with E-state index in [0.717, 1.165) is 24.4 Å². The van der Waals surface area contributed by atoms with E-state index in [9.17, 15) is 4.79 Å². The van der Waals surface area contributed by atoms with Crippen molar-refractivity contribution in [2.24, 2.45) is 14.1 Å². The molecule has 24 heavy (non-hydrogen) atoms. The molecule has 0 aliphatic carbocycles. The number of carbonyl (C=O) groups is 1. The molecule has 0 bridgehead atoms. The van der Waals surface area contributed by atoms with Gasteiger partial charge in [-0.15, -0.1) is 0 Å². The fraction of sp³-hybridized carbons (Fsp3) is 0.588. The summed E-state index contributed by atoms with van der Waals surface area (Å²) >= 11 is 0. The minimum atomic E-state index is -0.127. The van der Waals surface area contributed by atoms with E-state index in [0.29, 0.717) is 12.4 Å². The molecule has 2 aromatic heterocycles. The number of hydrogen-bond acceptors (Lipinski definition) is 3. The molecule has 7 nitrogen and oxygen atoms in total.